The number of aromatic carboxylic acids is 1. The number of sulfonamides is 1. The lowest BCUT2D eigenvalue weighted by Crippen LogP contribution is -2.15. The van der Waals surface area contributed by atoms with Crippen molar-refractivity contribution in [3.8, 4) is 0 Å². The number of anilines is 1. The van der Waals surface area contributed by atoms with Crippen molar-refractivity contribution in [1.29, 1.82) is 0 Å². The summed E-state index contributed by atoms with van der Waals surface area (Å²) >= 11 is 5.60. The number of hydrogen-bond donors (Lipinski definition) is 2. The molecular formula is C14H11ClFNO4S. The van der Waals surface area contributed by atoms with Crippen molar-refractivity contribution in [3.63, 3.8) is 0 Å². The minimum Gasteiger partial charge on any atom is -0.478 e. The first-order valence-electron chi connectivity index (χ1n) is 6.02. The number of carboxylic acid groups (broad SMARTS) is 1. The first-order valence-corrected chi connectivity index (χ1v) is 7.88. The predicted molar refractivity (Wildman–Crippen MR) is 80.4 cm³/mol. The van der Waals surface area contributed by atoms with Gasteiger partial charge in [-0.15, -0.1) is 0 Å². The molecular weight excluding hydrogens is 333 g/mol. The molecule has 0 unspecified atom stereocenters. The highest BCUT2D eigenvalue weighted by molar-refractivity contribution is 7.92. The van der Waals surface area contributed by atoms with Gasteiger partial charge in [0.05, 0.1) is 16.1 Å². The third-order valence-corrected chi connectivity index (χ3v) is 4.52. The van der Waals surface area contributed by atoms with E-state index in [2.05, 4.69) is 4.72 Å². The minimum atomic E-state index is -4.12. The quantitative estimate of drug-likeness (QED) is 0.892. The molecule has 22 heavy (non-hydrogen) atoms. The predicted octanol–water partition coefficient (Wildman–Crippen LogP) is 3.29. The Kier molecular flexibility index (Phi) is 4.39. The van der Waals surface area contributed by atoms with E-state index in [1.165, 1.54) is 24.3 Å². The van der Waals surface area contributed by atoms with Crippen LogP contribution in [0, 0.1) is 12.7 Å². The van der Waals surface area contributed by atoms with E-state index in [1.807, 2.05) is 0 Å². The molecule has 2 aromatic rings. The van der Waals surface area contributed by atoms with Gasteiger partial charge in [-0.3, -0.25) is 4.72 Å². The molecule has 0 saturated heterocycles. The summed E-state index contributed by atoms with van der Waals surface area (Å²) in [6.45, 7) is 1.55. The van der Waals surface area contributed by atoms with Crippen LogP contribution in [0.1, 0.15) is 15.9 Å². The van der Waals surface area contributed by atoms with Gasteiger partial charge in [-0.25, -0.2) is 17.6 Å². The Balaban J connectivity index is 2.42. The van der Waals surface area contributed by atoms with Crippen molar-refractivity contribution in [3.05, 3.63) is 58.4 Å². The molecule has 0 aliphatic rings. The maximum absolute atomic E-state index is 13.7. The van der Waals surface area contributed by atoms with Gasteiger partial charge in [-0.2, -0.15) is 0 Å². The molecule has 5 nitrogen and oxygen atoms in total. The number of carboxylic acids is 1. The fourth-order valence-electron chi connectivity index (χ4n) is 1.77. The van der Waals surface area contributed by atoms with Gasteiger partial charge in [0, 0.05) is 5.02 Å². The third kappa shape index (κ3) is 3.37. The van der Waals surface area contributed by atoms with Gasteiger partial charge in [0.25, 0.3) is 10.0 Å². The van der Waals surface area contributed by atoms with Crippen molar-refractivity contribution in [2.75, 3.05) is 4.72 Å². The first-order chi connectivity index (χ1) is 10.2. The summed E-state index contributed by atoms with van der Waals surface area (Å²) in [6, 6.07) is 7.13. The molecule has 0 radical (unpaired) electrons. The molecule has 0 amide bonds. The summed E-state index contributed by atoms with van der Waals surface area (Å²) in [4.78, 5) is 10.8. The molecule has 116 valence electrons. The van der Waals surface area contributed by atoms with Crippen molar-refractivity contribution in [2.24, 2.45) is 0 Å². The van der Waals surface area contributed by atoms with Crippen LogP contribution < -0.4 is 4.72 Å². The zero-order chi connectivity index (χ0) is 16.5. The zero-order valence-electron chi connectivity index (χ0n) is 11.3. The van der Waals surface area contributed by atoms with E-state index in [4.69, 9.17) is 16.7 Å². The Morgan fingerprint density at radius 1 is 1.23 bits per heavy atom. The van der Waals surface area contributed by atoms with Crippen LogP contribution in [0.3, 0.4) is 0 Å². The van der Waals surface area contributed by atoms with E-state index in [9.17, 15) is 17.6 Å². The van der Waals surface area contributed by atoms with Crippen LogP contribution in [0.4, 0.5) is 10.1 Å². The zero-order valence-corrected chi connectivity index (χ0v) is 12.9. The largest absolute Gasteiger partial charge is 0.478 e. The van der Waals surface area contributed by atoms with Crippen LogP contribution in [0.5, 0.6) is 0 Å². The summed E-state index contributed by atoms with van der Waals surface area (Å²) in [5.41, 5.74) is 0.00502. The lowest BCUT2D eigenvalue weighted by atomic mass is 10.1. The molecule has 0 bridgehead atoms. The topological polar surface area (TPSA) is 83.5 Å². The van der Waals surface area contributed by atoms with Crippen LogP contribution in [-0.4, -0.2) is 19.5 Å². The van der Waals surface area contributed by atoms with Gasteiger partial charge < -0.3 is 5.11 Å². The molecule has 0 heterocycles. The van der Waals surface area contributed by atoms with Crippen LogP contribution >= 0.6 is 11.6 Å². The van der Waals surface area contributed by atoms with Crippen molar-refractivity contribution >= 4 is 33.3 Å². The molecule has 2 aromatic carbocycles. The summed E-state index contributed by atoms with van der Waals surface area (Å²) in [7, 11) is -4.12. The van der Waals surface area contributed by atoms with E-state index in [1.54, 1.807) is 6.92 Å². The maximum Gasteiger partial charge on any atom is 0.335 e. The van der Waals surface area contributed by atoms with Crippen molar-refractivity contribution in [1.82, 2.24) is 0 Å². The van der Waals surface area contributed by atoms with Gasteiger partial charge in [-0.1, -0.05) is 17.7 Å². The van der Waals surface area contributed by atoms with E-state index >= 15 is 0 Å². The number of rotatable bonds is 4. The SMILES string of the molecule is Cc1ccc(S(=O)(=O)Nc2ccc(Cl)cc2F)cc1C(=O)O. The Bertz CT molecular complexity index is 852. The normalized spacial score (nSPS) is 11.2. The summed E-state index contributed by atoms with van der Waals surface area (Å²) in [6.07, 6.45) is 0. The van der Waals surface area contributed by atoms with E-state index in [0.717, 1.165) is 12.1 Å². The molecule has 2 rings (SSSR count). The molecule has 0 atom stereocenters. The number of carbonyl (C=O) groups is 1. The average molecular weight is 344 g/mol. The van der Waals surface area contributed by atoms with Crippen molar-refractivity contribution < 1.29 is 22.7 Å². The highest BCUT2D eigenvalue weighted by atomic mass is 35.5. The second-order valence-electron chi connectivity index (χ2n) is 4.51. The number of benzene rings is 2. The summed E-state index contributed by atoms with van der Waals surface area (Å²) in [5, 5.41) is 9.16. The van der Waals surface area contributed by atoms with Crippen LogP contribution in [0.25, 0.3) is 0 Å². The van der Waals surface area contributed by atoms with Gasteiger partial charge in [0.15, 0.2) is 0 Å². The number of aryl methyl sites for hydroxylation is 1. The van der Waals surface area contributed by atoms with Gasteiger partial charge in [0.2, 0.25) is 0 Å². The van der Waals surface area contributed by atoms with E-state index < -0.39 is 21.8 Å². The van der Waals surface area contributed by atoms with E-state index in [0.29, 0.717) is 5.56 Å². The second-order valence-corrected chi connectivity index (χ2v) is 6.63. The van der Waals surface area contributed by atoms with Crippen LogP contribution in [-0.2, 0) is 10.0 Å². The second kappa shape index (κ2) is 5.94. The first kappa shape index (κ1) is 16.3. The standard InChI is InChI=1S/C14H11ClFNO4S/c1-8-2-4-10(7-11(8)14(18)19)22(20,21)17-13-5-3-9(15)6-12(13)16/h2-7,17H,1H3,(H,18,19). The summed E-state index contributed by atoms with van der Waals surface area (Å²) in [5.74, 6) is -2.08. The fraction of sp³-hybridized carbons (Fsp3) is 0.0714. The van der Waals surface area contributed by atoms with Gasteiger partial charge in [0.1, 0.15) is 5.82 Å². The Morgan fingerprint density at radius 3 is 2.50 bits per heavy atom. The molecule has 8 heteroatoms. The van der Waals surface area contributed by atoms with Crippen molar-refractivity contribution in [2.45, 2.75) is 11.8 Å². The molecule has 0 saturated carbocycles. The van der Waals surface area contributed by atoms with Gasteiger partial charge >= 0.3 is 5.97 Å². The average Bonchev–Trinajstić information content (AvgIpc) is 2.42. The highest BCUT2D eigenvalue weighted by Crippen LogP contribution is 2.23. The molecule has 0 aliphatic heterocycles. The maximum atomic E-state index is 13.7. The molecule has 0 aromatic heterocycles. The highest BCUT2D eigenvalue weighted by Gasteiger charge is 2.19. The third-order valence-electron chi connectivity index (χ3n) is 2.93. The number of halogens is 2. The van der Waals surface area contributed by atoms with Crippen LogP contribution in [0.2, 0.25) is 5.02 Å². The smallest absolute Gasteiger partial charge is 0.335 e. The molecule has 0 aliphatic carbocycles. The van der Waals surface area contributed by atoms with Crippen LogP contribution in [0.15, 0.2) is 41.3 Å². The lowest BCUT2D eigenvalue weighted by Gasteiger charge is -2.10. The van der Waals surface area contributed by atoms with E-state index in [-0.39, 0.29) is 21.2 Å². The minimum absolute atomic E-state index is 0.129. The Morgan fingerprint density at radius 2 is 1.91 bits per heavy atom. The molecule has 0 fully saturated rings. The fourth-order valence-corrected chi connectivity index (χ4v) is 3.03. The Labute approximate surface area is 131 Å². The molecule has 0 spiro atoms. The Hall–Kier alpha value is -2.12. The number of nitrogens with one attached hydrogen (secondary N) is 1. The monoisotopic (exact) mass is 343 g/mol. The van der Waals surface area contributed by atoms with Gasteiger partial charge in [-0.05, 0) is 42.8 Å². The lowest BCUT2D eigenvalue weighted by molar-refractivity contribution is 0.0696. The molecule has 2 N–H and O–H groups in total. The summed E-state index contributed by atoms with van der Waals surface area (Å²) < 4.78 is 40.2. The number of hydrogen-bond acceptors (Lipinski definition) is 3.